The van der Waals surface area contributed by atoms with Crippen LogP contribution in [0.1, 0.15) is 44.9 Å². The number of carbonyl (C=O) groups is 3. The Morgan fingerprint density at radius 3 is 2.39 bits per heavy atom. The van der Waals surface area contributed by atoms with Crippen molar-refractivity contribution in [3.63, 3.8) is 0 Å². The van der Waals surface area contributed by atoms with Crippen molar-refractivity contribution in [1.82, 2.24) is 0 Å². The second kappa shape index (κ2) is 5.50. The number of aliphatic carboxylic acids is 1. The van der Waals surface area contributed by atoms with Crippen molar-refractivity contribution in [3.8, 4) is 0 Å². The maximum atomic E-state index is 11.9. The summed E-state index contributed by atoms with van der Waals surface area (Å²) < 4.78 is 5.30. The lowest BCUT2D eigenvalue weighted by molar-refractivity contribution is -0.163. The lowest BCUT2D eigenvalue weighted by Crippen LogP contribution is -2.34. The molecule has 0 spiro atoms. The highest BCUT2D eigenvalue weighted by Crippen LogP contribution is 2.31. The van der Waals surface area contributed by atoms with Gasteiger partial charge in [0, 0.05) is 6.42 Å². The topological polar surface area (TPSA) is 80.7 Å². The van der Waals surface area contributed by atoms with Crippen molar-refractivity contribution in [2.75, 3.05) is 0 Å². The molecular weight excluding hydrogens is 236 g/mol. The number of hydrogen-bond donors (Lipinski definition) is 1. The average Bonchev–Trinajstić information content (AvgIpc) is 2.72. The molecule has 0 aromatic carbocycles. The van der Waals surface area contributed by atoms with Crippen LogP contribution in [0.15, 0.2) is 0 Å². The minimum atomic E-state index is -1.08. The van der Waals surface area contributed by atoms with E-state index >= 15 is 0 Å². The van der Waals surface area contributed by atoms with E-state index in [4.69, 9.17) is 9.84 Å². The van der Waals surface area contributed by atoms with Crippen LogP contribution >= 0.6 is 0 Å². The van der Waals surface area contributed by atoms with Gasteiger partial charge in [-0.3, -0.25) is 14.4 Å². The predicted molar refractivity (Wildman–Crippen MR) is 61.8 cm³/mol. The summed E-state index contributed by atoms with van der Waals surface area (Å²) in [6, 6.07) is 0. The number of hydrogen-bond acceptors (Lipinski definition) is 4. The summed E-state index contributed by atoms with van der Waals surface area (Å²) in [5, 5.41) is 9.00. The Hall–Kier alpha value is -1.39. The second-order valence-corrected chi connectivity index (χ2v) is 5.12. The van der Waals surface area contributed by atoms with E-state index in [0.29, 0.717) is 0 Å². The summed E-state index contributed by atoms with van der Waals surface area (Å²) in [5.41, 5.74) is 0. The van der Waals surface area contributed by atoms with Gasteiger partial charge in [-0.15, -0.1) is 0 Å². The van der Waals surface area contributed by atoms with Gasteiger partial charge < -0.3 is 9.84 Å². The van der Waals surface area contributed by atoms with Crippen LogP contribution in [-0.2, 0) is 19.1 Å². The van der Waals surface area contributed by atoms with Crippen molar-refractivity contribution in [2.24, 2.45) is 11.8 Å². The Labute approximate surface area is 105 Å². The molecule has 2 saturated carbocycles. The van der Waals surface area contributed by atoms with E-state index in [-0.39, 0.29) is 24.7 Å². The van der Waals surface area contributed by atoms with Gasteiger partial charge in [0.05, 0.1) is 5.92 Å². The normalized spacial score (nSPS) is 29.2. The smallest absolute Gasteiger partial charge is 0.317 e. The molecule has 2 atom stereocenters. The first-order valence-electron chi connectivity index (χ1n) is 6.55. The minimum Gasteiger partial charge on any atom is -0.481 e. The van der Waals surface area contributed by atoms with Crippen LogP contribution in [0, 0.1) is 11.8 Å². The molecule has 5 nitrogen and oxygen atoms in total. The second-order valence-electron chi connectivity index (χ2n) is 5.12. The van der Waals surface area contributed by atoms with Crippen molar-refractivity contribution in [2.45, 2.75) is 51.0 Å². The van der Waals surface area contributed by atoms with Gasteiger partial charge in [-0.1, -0.05) is 6.42 Å². The Balaban J connectivity index is 1.97. The molecule has 0 bridgehead atoms. The average molecular weight is 254 g/mol. The Morgan fingerprint density at radius 2 is 1.78 bits per heavy atom. The number of Topliss-reactive ketones (excluding diaryl/α,β-unsaturated/α-hetero) is 1. The number of carboxylic acids is 1. The number of ether oxygens (including phenoxy) is 1. The van der Waals surface area contributed by atoms with Gasteiger partial charge in [0.2, 0.25) is 0 Å². The number of carbonyl (C=O) groups excluding carboxylic acids is 2. The van der Waals surface area contributed by atoms with E-state index in [0.717, 1.165) is 32.1 Å². The maximum Gasteiger partial charge on any atom is 0.317 e. The zero-order valence-electron chi connectivity index (χ0n) is 10.3. The molecule has 0 aromatic heterocycles. The highest BCUT2D eigenvalue weighted by molar-refractivity contribution is 6.04. The fourth-order valence-corrected chi connectivity index (χ4v) is 2.83. The summed E-state index contributed by atoms with van der Waals surface area (Å²) in [6.45, 7) is 0. The summed E-state index contributed by atoms with van der Waals surface area (Å²) in [5.74, 6) is -3.97. The molecule has 2 fully saturated rings. The van der Waals surface area contributed by atoms with Gasteiger partial charge >= 0.3 is 11.9 Å². The van der Waals surface area contributed by atoms with Crippen molar-refractivity contribution < 1.29 is 24.2 Å². The van der Waals surface area contributed by atoms with Gasteiger partial charge in [0.15, 0.2) is 0 Å². The van der Waals surface area contributed by atoms with Crippen LogP contribution < -0.4 is 0 Å². The zero-order chi connectivity index (χ0) is 13.1. The molecule has 0 heterocycles. The van der Waals surface area contributed by atoms with E-state index in [1.54, 1.807) is 0 Å². The van der Waals surface area contributed by atoms with Crippen LogP contribution in [0.4, 0.5) is 0 Å². The first kappa shape index (κ1) is 13.1. The number of esters is 1. The quantitative estimate of drug-likeness (QED) is 0.610. The van der Waals surface area contributed by atoms with E-state index in [2.05, 4.69) is 0 Å². The molecular formula is C13H18O5. The van der Waals surface area contributed by atoms with Crippen LogP contribution in [0.25, 0.3) is 0 Å². The van der Waals surface area contributed by atoms with Crippen molar-refractivity contribution in [3.05, 3.63) is 0 Å². The van der Waals surface area contributed by atoms with E-state index in [1.165, 1.54) is 0 Å². The third-order valence-corrected chi connectivity index (χ3v) is 3.86. The molecule has 0 aromatic rings. The predicted octanol–water partition coefficient (Wildman–Crippen LogP) is 1.54. The minimum absolute atomic E-state index is 0.130. The molecule has 1 N–H and O–H groups in total. The molecule has 0 unspecified atom stereocenters. The monoisotopic (exact) mass is 254 g/mol. The first-order valence-corrected chi connectivity index (χ1v) is 6.55. The van der Waals surface area contributed by atoms with Gasteiger partial charge in [0.1, 0.15) is 17.8 Å². The molecule has 18 heavy (non-hydrogen) atoms. The molecule has 0 radical (unpaired) electrons. The highest BCUT2D eigenvalue weighted by Gasteiger charge is 2.45. The van der Waals surface area contributed by atoms with E-state index < -0.39 is 23.8 Å². The van der Waals surface area contributed by atoms with Crippen LogP contribution in [-0.4, -0.2) is 28.9 Å². The maximum absolute atomic E-state index is 11.9. The van der Waals surface area contributed by atoms with Crippen molar-refractivity contribution in [1.29, 1.82) is 0 Å². The number of ketones is 1. The number of carboxylic acid groups (broad SMARTS) is 1. The third-order valence-electron chi connectivity index (χ3n) is 3.86. The van der Waals surface area contributed by atoms with Gasteiger partial charge in [-0.05, 0) is 32.1 Å². The lowest BCUT2D eigenvalue weighted by Gasteiger charge is -2.24. The molecule has 100 valence electrons. The summed E-state index contributed by atoms with van der Waals surface area (Å²) in [7, 11) is 0. The fourth-order valence-electron chi connectivity index (χ4n) is 2.83. The standard InChI is InChI=1S/C13H18O5/c14-10-7-6-9(12(15)16)11(10)13(17)18-8-4-2-1-3-5-8/h8-9,11H,1-7H2,(H,15,16)/t9-,11+/m1/s1. The number of rotatable bonds is 3. The molecule has 0 aliphatic heterocycles. The Kier molecular flexibility index (Phi) is 3.99. The van der Waals surface area contributed by atoms with Crippen LogP contribution in [0.3, 0.4) is 0 Å². The summed E-state index contributed by atoms with van der Waals surface area (Å²) in [4.78, 5) is 34.5. The molecule has 5 heteroatoms. The Bertz CT molecular complexity index is 356. The van der Waals surface area contributed by atoms with Gasteiger partial charge in [-0.25, -0.2) is 0 Å². The van der Waals surface area contributed by atoms with Gasteiger partial charge in [0.25, 0.3) is 0 Å². The zero-order valence-corrected chi connectivity index (χ0v) is 10.3. The fraction of sp³-hybridized carbons (Fsp3) is 0.769. The summed E-state index contributed by atoms with van der Waals surface area (Å²) in [6.07, 6.45) is 5.13. The lowest BCUT2D eigenvalue weighted by atomic mass is 9.94. The molecule has 0 amide bonds. The van der Waals surface area contributed by atoms with E-state index in [9.17, 15) is 14.4 Å². The first-order chi connectivity index (χ1) is 8.59. The van der Waals surface area contributed by atoms with E-state index in [1.807, 2.05) is 0 Å². The highest BCUT2D eigenvalue weighted by atomic mass is 16.5. The van der Waals surface area contributed by atoms with Crippen molar-refractivity contribution >= 4 is 17.7 Å². The van der Waals surface area contributed by atoms with Crippen LogP contribution in [0.5, 0.6) is 0 Å². The molecule has 2 rings (SSSR count). The van der Waals surface area contributed by atoms with Gasteiger partial charge in [-0.2, -0.15) is 0 Å². The molecule has 0 saturated heterocycles. The SMILES string of the molecule is O=C1CC[C@@H](C(=O)O)[C@@H]1C(=O)OC1CCCCC1. The molecule has 2 aliphatic carbocycles. The summed E-state index contributed by atoms with van der Waals surface area (Å²) >= 11 is 0. The Morgan fingerprint density at radius 1 is 1.11 bits per heavy atom. The third kappa shape index (κ3) is 2.71. The largest absolute Gasteiger partial charge is 0.481 e. The molecule has 2 aliphatic rings. The van der Waals surface area contributed by atoms with Crippen LogP contribution in [0.2, 0.25) is 0 Å².